The zero-order valence-corrected chi connectivity index (χ0v) is 7.40. The maximum Gasteiger partial charge on any atom is 0.0918 e. The van der Waals surface area contributed by atoms with Gasteiger partial charge in [-0.3, -0.25) is 0 Å². The molecule has 0 aliphatic carbocycles. The molecule has 1 rings (SSSR count). The van der Waals surface area contributed by atoms with E-state index in [9.17, 15) is 5.11 Å². The van der Waals surface area contributed by atoms with E-state index in [0.29, 0.717) is 6.42 Å². The van der Waals surface area contributed by atoms with Crippen LogP contribution in [0.2, 0.25) is 0 Å². The van der Waals surface area contributed by atoms with Crippen LogP contribution in [0.15, 0.2) is 29.7 Å². The first kappa shape index (κ1) is 8.50. The van der Waals surface area contributed by atoms with Crippen molar-refractivity contribution in [2.24, 2.45) is 0 Å². The molecule has 1 atom stereocenters. The highest BCUT2D eigenvalue weighted by molar-refractivity contribution is 7.10. The minimum absolute atomic E-state index is 0.354. The van der Waals surface area contributed by atoms with Crippen molar-refractivity contribution >= 4 is 11.3 Å². The monoisotopic (exact) mass is 168 g/mol. The quantitative estimate of drug-likeness (QED) is 0.688. The molecule has 0 spiro atoms. The molecule has 1 aromatic heterocycles. The zero-order valence-electron chi connectivity index (χ0n) is 6.58. The summed E-state index contributed by atoms with van der Waals surface area (Å²) in [5.74, 6) is 0. The van der Waals surface area contributed by atoms with Crippen LogP contribution < -0.4 is 0 Å². The molecule has 1 aromatic rings. The lowest BCUT2D eigenvalue weighted by Crippen LogP contribution is -1.93. The Morgan fingerprint density at radius 2 is 2.55 bits per heavy atom. The van der Waals surface area contributed by atoms with Gasteiger partial charge in [0, 0.05) is 4.88 Å². The molecule has 2 heteroatoms. The van der Waals surface area contributed by atoms with Crippen LogP contribution in [-0.4, -0.2) is 5.11 Å². The first-order chi connectivity index (χ1) is 5.20. The van der Waals surface area contributed by atoms with Crippen molar-refractivity contribution in [1.82, 2.24) is 0 Å². The molecule has 0 fully saturated rings. The molecular formula is C9H12OS. The zero-order chi connectivity index (χ0) is 8.27. The standard InChI is InChI=1S/C9H12OS/c1-7(2)6-8(10)9-4-3-5-11-9/h3-5,8,10H,1,6H2,2H3. The third kappa shape index (κ3) is 2.48. The summed E-state index contributed by atoms with van der Waals surface area (Å²) in [5.41, 5.74) is 1.02. The molecule has 1 heterocycles. The Morgan fingerprint density at radius 1 is 1.82 bits per heavy atom. The highest BCUT2D eigenvalue weighted by atomic mass is 32.1. The summed E-state index contributed by atoms with van der Waals surface area (Å²) in [5, 5.41) is 11.5. The van der Waals surface area contributed by atoms with E-state index in [4.69, 9.17) is 0 Å². The number of aliphatic hydroxyl groups excluding tert-OH is 1. The highest BCUT2D eigenvalue weighted by Crippen LogP contribution is 2.23. The Morgan fingerprint density at radius 3 is 3.00 bits per heavy atom. The Hall–Kier alpha value is -0.600. The molecule has 11 heavy (non-hydrogen) atoms. The second-order valence-electron chi connectivity index (χ2n) is 2.69. The first-order valence-electron chi connectivity index (χ1n) is 3.56. The maximum absolute atomic E-state index is 9.53. The van der Waals surface area contributed by atoms with Crippen LogP contribution in [0.1, 0.15) is 24.3 Å². The minimum Gasteiger partial charge on any atom is -0.387 e. The van der Waals surface area contributed by atoms with Crippen LogP contribution in [0.25, 0.3) is 0 Å². The van der Waals surface area contributed by atoms with Gasteiger partial charge in [-0.05, 0) is 24.8 Å². The van der Waals surface area contributed by atoms with Crippen LogP contribution in [0, 0.1) is 0 Å². The van der Waals surface area contributed by atoms with Gasteiger partial charge in [-0.15, -0.1) is 17.9 Å². The van der Waals surface area contributed by atoms with Crippen molar-refractivity contribution in [2.45, 2.75) is 19.4 Å². The topological polar surface area (TPSA) is 20.2 Å². The number of thiophene rings is 1. The van der Waals surface area contributed by atoms with Gasteiger partial charge in [0.25, 0.3) is 0 Å². The van der Waals surface area contributed by atoms with Gasteiger partial charge >= 0.3 is 0 Å². The van der Waals surface area contributed by atoms with Gasteiger partial charge in [0.15, 0.2) is 0 Å². The Labute approximate surface area is 71.0 Å². The number of hydrogen-bond acceptors (Lipinski definition) is 2. The van der Waals surface area contributed by atoms with Crippen molar-refractivity contribution in [3.63, 3.8) is 0 Å². The van der Waals surface area contributed by atoms with Crippen molar-refractivity contribution < 1.29 is 5.11 Å². The lowest BCUT2D eigenvalue weighted by atomic mass is 10.1. The average Bonchev–Trinajstić information content (AvgIpc) is 2.35. The van der Waals surface area contributed by atoms with E-state index >= 15 is 0 Å². The first-order valence-corrected chi connectivity index (χ1v) is 4.44. The van der Waals surface area contributed by atoms with E-state index in [1.165, 1.54) is 0 Å². The van der Waals surface area contributed by atoms with Crippen LogP contribution in [0.3, 0.4) is 0 Å². The van der Waals surface area contributed by atoms with E-state index in [2.05, 4.69) is 6.58 Å². The van der Waals surface area contributed by atoms with Gasteiger partial charge in [-0.1, -0.05) is 11.6 Å². The van der Waals surface area contributed by atoms with E-state index in [1.807, 2.05) is 24.4 Å². The lowest BCUT2D eigenvalue weighted by Gasteiger charge is -2.06. The SMILES string of the molecule is C=C(C)CC(O)c1cccs1. The predicted molar refractivity (Wildman–Crippen MR) is 48.7 cm³/mol. The molecule has 0 aromatic carbocycles. The van der Waals surface area contributed by atoms with E-state index < -0.39 is 0 Å². The van der Waals surface area contributed by atoms with E-state index in [1.54, 1.807) is 11.3 Å². The fourth-order valence-electron chi connectivity index (χ4n) is 0.912. The summed E-state index contributed by atoms with van der Waals surface area (Å²) < 4.78 is 0. The molecule has 0 bridgehead atoms. The molecule has 60 valence electrons. The highest BCUT2D eigenvalue weighted by Gasteiger charge is 2.07. The van der Waals surface area contributed by atoms with Gasteiger partial charge < -0.3 is 5.11 Å². The molecule has 1 nitrogen and oxygen atoms in total. The summed E-state index contributed by atoms with van der Waals surface area (Å²) in [6, 6.07) is 3.89. The molecule has 0 radical (unpaired) electrons. The van der Waals surface area contributed by atoms with E-state index in [-0.39, 0.29) is 6.10 Å². The van der Waals surface area contributed by atoms with Crippen molar-refractivity contribution in [1.29, 1.82) is 0 Å². The van der Waals surface area contributed by atoms with Gasteiger partial charge in [0.05, 0.1) is 6.10 Å². The average molecular weight is 168 g/mol. The number of hydrogen-bond donors (Lipinski definition) is 1. The normalized spacial score (nSPS) is 12.9. The van der Waals surface area contributed by atoms with Crippen LogP contribution in [0.4, 0.5) is 0 Å². The van der Waals surface area contributed by atoms with Gasteiger partial charge in [0.2, 0.25) is 0 Å². The second-order valence-corrected chi connectivity index (χ2v) is 3.67. The largest absolute Gasteiger partial charge is 0.387 e. The fourth-order valence-corrected chi connectivity index (χ4v) is 1.62. The van der Waals surface area contributed by atoms with Gasteiger partial charge in [-0.25, -0.2) is 0 Å². The molecule has 0 saturated carbocycles. The molecular weight excluding hydrogens is 156 g/mol. The maximum atomic E-state index is 9.53. The van der Waals surface area contributed by atoms with Crippen LogP contribution in [0.5, 0.6) is 0 Å². The Bertz CT molecular complexity index is 226. The Balaban J connectivity index is 2.56. The third-order valence-electron chi connectivity index (χ3n) is 1.41. The molecule has 1 unspecified atom stereocenters. The summed E-state index contributed by atoms with van der Waals surface area (Å²) in [4.78, 5) is 1.02. The lowest BCUT2D eigenvalue weighted by molar-refractivity contribution is 0.182. The molecule has 0 aliphatic rings. The summed E-state index contributed by atoms with van der Waals surface area (Å²) in [6.07, 6.45) is 0.313. The predicted octanol–water partition coefficient (Wildman–Crippen LogP) is 2.75. The van der Waals surface area contributed by atoms with Crippen molar-refractivity contribution in [3.8, 4) is 0 Å². The summed E-state index contributed by atoms with van der Waals surface area (Å²) in [6.45, 7) is 5.68. The van der Waals surface area contributed by atoms with Crippen LogP contribution >= 0.6 is 11.3 Å². The van der Waals surface area contributed by atoms with Crippen molar-refractivity contribution in [2.75, 3.05) is 0 Å². The summed E-state index contributed by atoms with van der Waals surface area (Å²) >= 11 is 1.58. The van der Waals surface area contributed by atoms with Crippen molar-refractivity contribution in [3.05, 3.63) is 34.5 Å². The van der Waals surface area contributed by atoms with Crippen LogP contribution in [-0.2, 0) is 0 Å². The summed E-state index contributed by atoms with van der Waals surface area (Å²) in [7, 11) is 0. The molecule has 0 aliphatic heterocycles. The molecule has 0 saturated heterocycles. The number of rotatable bonds is 3. The second kappa shape index (κ2) is 3.69. The number of aliphatic hydroxyl groups is 1. The molecule has 0 amide bonds. The fraction of sp³-hybridized carbons (Fsp3) is 0.333. The minimum atomic E-state index is -0.354. The van der Waals surface area contributed by atoms with E-state index in [0.717, 1.165) is 10.5 Å². The third-order valence-corrected chi connectivity index (χ3v) is 2.39. The molecule has 1 N–H and O–H groups in total. The smallest absolute Gasteiger partial charge is 0.0918 e. The van der Waals surface area contributed by atoms with Gasteiger partial charge in [-0.2, -0.15) is 0 Å². The Kier molecular flexibility index (Phi) is 2.85. The van der Waals surface area contributed by atoms with Gasteiger partial charge in [0.1, 0.15) is 0 Å².